The zero-order valence-corrected chi connectivity index (χ0v) is 13.8. The van der Waals surface area contributed by atoms with E-state index >= 15 is 0 Å². The van der Waals surface area contributed by atoms with Crippen molar-refractivity contribution in [1.29, 1.82) is 0 Å². The van der Waals surface area contributed by atoms with Crippen LogP contribution in [0.4, 0.5) is 10.8 Å². The summed E-state index contributed by atoms with van der Waals surface area (Å²) in [5, 5.41) is 15.2. The molecule has 7 heteroatoms. The summed E-state index contributed by atoms with van der Waals surface area (Å²) in [7, 11) is 0. The third-order valence-electron chi connectivity index (χ3n) is 3.48. The first-order valence-electron chi connectivity index (χ1n) is 7.37. The van der Waals surface area contributed by atoms with E-state index in [2.05, 4.69) is 20.8 Å². The van der Waals surface area contributed by atoms with Crippen LogP contribution in [-0.4, -0.2) is 27.9 Å². The van der Waals surface area contributed by atoms with Crippen LogP contribution < -0.4 is 10.6 Å². The molecule has 0 saturated heterocycles. The average molecular weight is 334 g/mol. The van der Waals surface area contributed by atoms with E-state index in [1.807, 2.05) is 30.3 Å². The highest BCUT2D eigenvalue weighted by atomic mass is 32.2. The average Bonchev–Trinajstić information content (AvgIpc) is 3.18. The molecule has 1 heterocycles. The van der Waals surface area contributed by atoms with E-state index in [1.54, 1.807) is 0 Å². The molecule has 1 aromatic heterocycles. The number of hydrogen-bond donors (Lipinski definition) is 2. The second-order valence-corrected chi connectivity index (χ2v) is 7.40. The molecule has 116 valence electrons. The van der Waals surface area contributed by atoms with Crippen LogP contribution in [-0.2, 0) is 4.79 Å². The Morgan fingerprint density at radius 2 is 2.00 bits per heavy atom. The van der Waals surface area contributed by atoms with Crippen molar-refractivity contribution in [3.8, 4) is 0 Å². The topological polar surface area (TPSA) is 66.9 Å². The minimum Gasteiger partial charge on any atom is -0.353 e. The molecule has 22 heavy (non-hydrogen) atoms. The van der Waals surface area contributed by atoms with Crippen LogP contribution in [0.5, 0.6) is 0 Å². The van der Waals surface area contributed by atoms with E-state index in [-0.39, 0.29) is 5.91 Å². The van der Waals surface area contributed by atoms with Crippen molar-refractivity contribution in [3.05, 3.63) is 30.3 Å². The predicted molar refractivity (Wildman–Crippen MR) is 90.8 cm³/mol. The van der Waals surface area contributed by atoms with Gasteiger partial charge in [-0.2, -0.15) is 0 Å². The van der Waals surface area contributed by atoms with Gasteiger partial charge in [-0.1, -0.05) is 54.1 Å². The standard InChI is InChI=1S/C15H18N4OS2/c20-13(16-11-8-4-5-9-11)10-21-15-19-18-14(22-15)17-12-6-2-1-3-7-12/h1-3,6-7,11H,4-5,8-10H2,(H,16,20)(H,17,18). The molecule has 1 aromatic carbocycles. The predicted octanol–water partition coefficient (Wildman–Crippen LogP) is 3.43. The molecule has 1 saturated carbocycles. The Hall–Kier alpha value is -1.60. The van der Waals surface area contributed by atoms with E-state index in [0.29, 0.717) is 11.8 Å². The van der Waals surface area contributed by atoms with Gasteiger partial charge in [0.2, 0.25) is 11.0 Å². The Morgan fingerprint density at radius 3 is 2.77 bits per heavy atom. The maximum Gasteiger partial charge on any atom is 0.230 e. The molecule has 1 amide bonds. The number of para-hydroxylation sites is 1. The number of amides is 1. The molecule has 3 rings (SSSR count). The number of carbonyl (C=O) groups is 1. The Kier molecular flexibility index (Phi) is 5.29. The highest BCUT2D eigenvalue weighted by Crippen LogP contribution is 2.27. The van der Waals surface area contributed by atoms with Crippen LogP contribution in [0.1, 0.15) is 25.7 Å². The van der Waals surface area contributed by atoms with Crippen LogP contribution in [0, 0.1) is 0 Å². The quantitative estimate of drug-likeness (QED) is 0.792. The van der Waals surface area contributed by atoms with Crippen molar-refractivity contribution < 1.29 is 4.79 Å². The summed E-state index contributed by atoms with van der Waals surface area (Å²) in [5.41, 5.74) is 0.981. The Balaban J connectivity index is 1.46. The summed E-state index contributed by atoms with van der Waals surface area (Å²) in [6.45, 7) is 0. The third kappa shape index (κ3) is 4.45. The molecule has 2 aromatic rings. The maximum atomic E-state index is 11.9. The van der Waals surface area contributed by atoms with Crippen LogP contribution in [0.15, 0.2) is 34.7 Å². The number of nitrogens with zero attached hydrogens (tertiary/aromatic N) is 2. The zero-order valence-electron chi connectivity index (χ0n) is 12.1. The summed E-state index contributed by atoms with van der Waals surface area (Å²) < 4.78 is 0.806. The highest BCUT2D eigenvalue weighted by Gasteiger charge is 2.17. The van der Waals surface area contributed by atoms with Crippen molar-refractivity contribution in [2.75, 3.05) is 11.1 Å². The molecule has 5 nitrogen and oxygen atoms in total. The van der Waals surface area contributed by atoms with E-state index < -0.39 is 0 Å². The molecule has 2 N–H and O–H groups in total. The van der Waals surface area contributed by atoms with Crippen molar-refractivity contribution in [2.24, 2.45) is 0 Å². The molecule has 0 unspecified atom stereocenters. The van der Waals surface area contributed by atoms with E-state index in [0.717, 1.165) is 28.0 Å². The monoisotopic (exact) mass is 334 g/mol. The fourth-order valence-electron chi connectivity index (χ4n) is 2.43. The lowest BCUT2D eigenvalue weighted by Crippen LogP contribution is -2.33. The summed E-state index contributed by atoms with van der Waals surface area (Å²) in [6, 6.07) is 10.2. The van der Waals surface area contributed by atoms with Gasteiger partial charge in [0.25, 0.3) is 0 Å². The molecule has 0 bridgehead atoms. The smallest absolute Gasteiger partial charge is 0.230 e. The van der Waals surface area contributed by atoms with E-state index in [4.69, 9.17) is 0 Å². The molecule has 0 aliphatic heterocycles. The van der Waals surface area contributed by atoms with Crippen molar-refractivity contribution >= 4 is 39.8 Å². The number of aromatic nitrogens is 2. The van der Waals surface area contributed by atoms with Crippen LogP contribution in [0.2, 0.25) is 0 Å². The fraction of sp³-hybridized carbons (Fsp3) is 0.400. The normalized spacial score (nSPS) is 14.9. The zero-order chi connectivity index (χ0) is 15.2. The number of thioether (sulfide) groups is 1. The summed E-state index contributed by atoms with van der Waals surface area (Å²) >= 11 is 2.90. The fourth-order valence-corrected chi connectivity index (χ4v) is 4.01. The SMILES string of the molecule is O=C(CSc1nnc(Nc2ccccc2)s1)NC1CCCC1. The molecule has 1 aliphatic carbocycles. The lowest BCUT2D eigenvalue weighted by atomic mass is 10.2. The van der Waals surface area contributed by atoms with Gasteiger partial charge in [-0.15, -0.1) is 10.2 Å². The summed E-state index contributed by atoms with van der Waals surface area (Å²) in [4.78, 5) is 11.9. The first-order chi connectivity index (χ1) is 10.8. The minimum atomic E-state index is 0.0877. The minimum absolute atomic E-state index is 0.0877. The third-order valence-corrected chi connectivity index (χ3v) is 5.45. The van der Waals surface area contributed by atoms with Gasteiger partial charge in [0.05, 0.1) is 5.75 Å². The van der Waals surface area contributed by atoms with Crippen molar-refractivity contribution in [2.45, 2.75) is 36.1 Å². The highest BCUT2D eigenvalue weighted by molar-refractivity contribution is 8.01. The first-order valence-corrected chi connectivity index (χ1v) is 9.17. The summed E-state index contributed by atoms with van der Waals surface area (Å²) in [5.74, 6) is 0.487. The van der Waals surface area contributed by atoms with E-state index in [9.17, 15) is 4.79 Å². The number of rotatable bonds is 6. The number of benzene rings is 1. The van der Waals surface area contributed by atoms with Crippen LogP contribution in [0.25, 0.3) is 0 Å². The van der Waals surface area contributed by atoms with Gasteiger partial charge in [0, 0.05) is 11.7 Å². The second kappa shape index (κ2) is 7.60. The molecule has 1 aliphatic rings. The molecule has 0 atom stereocenters. The Bertz CT molecular complexity index is 611. The second-order valence-electron chi connectivity index (χ2n) is 5.20. The molecule has 0 radical (unpaired) electrons. The van der Waals surface area contributed by atoms with Gasteiger partial charge in [0.15, 0.2) is 4.34 Å². The first kappa shape index (κ1) is 15.3. The van der Waals surface area contributed by atoms with Gasteiger partial charge in [0.1, 0.15) is 0 Å². The Morgan fingerprint density at radius 1 is 1.23 bits per heavy atom. The number of anilines is 2. The largest absolute Gasteiger partial charge is 0.353 e. The molecule has 1 fully saturated rings. The number of carbonyl (C=O) groups excluding carboxylic acids is 1. The number of nitrogens with one attached hydrogen (secondary N) is 2. The van der Waals surface area contributed by atoms with E-state index in [1.165, 1.54) is 35.9 Å². The van der Waals surface area contributed by atoms with Gasteiger partial charge >= 0.3 is 0 Å². The van der Waals surface area contributed by atoms with Gasteiger partial charge in [-0.3, -0.25) is 4.79 Å². The molecular weight excluding hydrogens is 316 g/mol. The lowest BCUT2D eigenvalue weighted by molar-refractivity contribution is -0.119. The van der Waals surface area contributed by atoms with Gasteiger partial charge in [-0.25, -0.2) is 0 Å². The summed E-state index contributed by atoms with van der Waals surface area (Å²) in [6.07, 6.45) is 4.67. The lowest BCUT2D eigenvalue weighted by Gasteiger charge is -2.10. The van der Waals surface area contributed by atoms with Crippen molar-refractivity contribution in [3.63, 3.8) is 0 Å². The number of hydrogen-bond acceptors (Lipinski definition) is 6. The Labute approximate surface area is 137 Å². The molecule has 0 spiro atoms. The van der Waals surface area contributed by atoms with Crippen molar-refractivity contribution in [1.82, 2.24) is 15.5 Å². The van der Waals surface area contributed by atoms with Crippen LogP contribution >= 0.6 is 23.1 Å². The maximum absolute atomic E-state index is 11.9. The van der Waals surface area contributed by atoms with Crippen LogP contribution in [0.3, 0.4) is 0 Å². The van der Waals surface area contributed by atoms with Gasteiger partial charge < -0.3 is 10.6 Å². The molecular formula is C15H18N4OS2. The van der Waals surface area contributed by atoms with Gasteiger partial charge in [-0.05, 0) is 25.0 Å².